The summed E-state index contributed by atoms with van der Waals surface area (Å²) in [5.41, 5.74) is 1.87. The molecule has 0 spiro atoms. The van der Waals surface area contributed by atoms with Gasteiger partial charge in [-0.2, -0.15) is 0 Å². The smallest absolute Gasteiger partial charge is 0.159 e. The summed E-state index contributed by atoms with van der Waals surface area (Å²) in [5.74, 6) is -1.67. The highest BCUT2D eigenvalue weighted by atomic mass is 35.5. The van der Waals surface area contributed by atoms with Gasteiger partial charge < -0.3 is 15.3 Å². The highest BCUT2D eigenvalue weighted by Gasteiger charge is 2.39. The van der Waals surface area contributed by atoms with Gasteiger partial charge in [-0.1, -0.05) is 49.6 Å². The second-order valence-corrected chi connectivity index (χ2v) is 8.52. The molecule has 0 amide bonds. The SMILES string of the molecule is Cl.Cl.OC1(C(CN2CCNCC2)c2cccc(-c3ccc(F)c(F)c3)c2)CCCCC1. The van der Waals surface area contributed by atoms with E-state index in [0.29, 0.717) is 5.56 Å². The third kappa shape index (κ3) is 6.17. The Morgan fingerprint density at radius 1 is 0.903 bits per heavy atom. The maximum atomic E-state index is 13.8. The predicted octanol–water partition coefficient (Wildman–Crippen LogP) is 5.16. The summed E-state index contributed by atoms with van der Waals surface area (Å²) < 4.78 is 27.1. The zero-order chi connectivity index (χ0) is 20.3. The third-order valence-electron chi connectivity index (χ3n) is 6.56. The summed E-state index contributed by atoms with van der Waals surface area (Å²) in [6.07, 6.45) is 4.92. The van der Waals surface area contributed by atoms with Crippen molar-refractivity contribution in [2.75, 3.05) is 32.7 Å². The summed E-state index contributed by atoms with van der Waals surface area (Å²) in [4.78, 5) is 2.43. The number of aliphatic hydroxyl groups is 1. The van der Waals surface area contributed by atoms with E-state index in [-0.39, 0.29) is 30.7 Å². The predicted molar refractivity (Wildman–Crippen MR) is 126 cm³/mol. The standard InChI is InChI=1S/C24H30F2N2O.2ClH/c25-22-8-7-19(16-23(22)26)18-5-4-6-20(15-18)21(17-28-13-11-27-12-14-28)24(29)9-2-1-3-10-24;;/h4-8,15-16,21,27,29H,1-3,9-14,17H2;2*1H. The maximum Gasteiger partial charge on any atom is 0.159 e. The summed E-state index contributed by atoms with van der Waals surface area (Å²) >= 11 is 0. The Morgan fingerprint density at radius 2 is 1.58 bits per heavy atom. The van der Waals surface area contributed by atoms with E-state index in [1.54, 1.807) is 6.07 Å². The topological polar surface area (TPSA) is 35.5 Å². The van der Waals surface area contributed by atoms with E-state index in [0.717, 1.165) is 69.5 Å². The zero-order valence-corrected chi connectivity index (χ0v) is 19.3. The molecule has 0 radical (unpaired) electrons. The van der Waals surface area contributed by atoms with Gasteiger partial charge in [-0.25, -0.2) is 8.78 Å². The minimum Gasteiger partial charge on any atom is -0.389 e. The summed E-state index contributed by atoms with van der Waals surface area (Å²) in [6.45, 7) is 4.73. The highest BCUT2D eigenvalue weighted by Crippen LogP contribution is 2.41. The zero-order valence-electron chi connectivity index (χ0n) is 17.7. The van der Waals surface area contributed by atoms with Gasteiger partial charge >= 0.3 is 0 Å². The van der Waals surface area contributed by atoms with Gasteiger partial charge in [0.25, 0.3) is 0 Å². The van der Waals surface area contributed by atoms with Crippen molar-refractivity contribution in [1.29, 1.82) is 0 Å². The van der Waals surface area contributed by atoms with Gasteiger partial charge in [0.2, 0.25) is 0 Å². The Bertz CT molecular complexity index is 840. The van der Waals surface area contributed by atoms with E-state index in [2.05, 4.69) is 16.3 Å². The number of rotatable bonds is 5. The lowest BCUT2D eigenvalue weighted by atomic mass is 9.72. The lowest BCUT2D eigenvalue weighted by molar-refractivity contribution is -0.0316. The van der Waals surface area contributed by atoms with Crippen molar-refractivity contribution >= 4 is 24.8 Å². The molecule has 1 atom stereocenters. The fourth-order valence-corrected chi connectivity index (χ4v) is 4.86. The van der Waals surface area contributed by atoms with E-state index >= 15 is 0 Å². The molecule has 1 saturated carbocycles. The molecule has 2 fully saturated rings. The van der Waals surface area contributed by atoms with Crippen molar-refractivity contribution in [2.24, 2.45) is 0 Å². The first-order valence-electron chi connectivity index (χ1n) is 10.8. The van der Waals surface area contributed by atoms with Crippen molar-refractivity contribution in [1.82, 2.24) is 10.2 Å². The molecule has 4 rings (SSSR count). The van der Waals surface area contributed by atoms with Gasteiger partial charge in [-0.3, -0.25) is 0 Å². The molecule has 2 aromatic rings. The van der Waals surface area contributed by atoms with Crippen LogP contribution in [0, 0.1) is 11.6 Å². The average Bonchev–Trinajstić information content (AvgIpc) is 2.75. The Kier molecular flexibility index (Phi) is 9.71. The van der Waals surface area contributed by atoms with Crippen LogP contribution in [0.4, 0.5) is 8.78 Å². The average molecular weight is 473 g/mol. The number of benzene rings is 2. The second kappa shape index (κ2) is 11.6. The molecular formula is C24H32Cl2F2N2O. The molecular weight excluding hydrogens is 441 g/mol. The third-order valence-corrected chi connectivity index (χ3v) is 6.56. The van der Waals surface area contributed by atoms with Crippen LogP contribution >= 0.6 is 24.8 Å². The van der Waals surface area contributed by atoms with E-state index < -0.39 is 17.2 Å². The van der Waals surface area contributed by atoms with E-state index in [1.807, 2.05) is 18.2 Å². The molecule has 31 heavy (non-hydrogen) atoms. The van der Waals surface area contributed by atoms with Crippen LogP contribution in [-0.2, 0) is 0 Å². The quantitative estimate of drug-likeness (QED) is 0.630. The van der Waals surface area contributed by atoms with Gasteiger partial charge in [-0.05, 0) is 41.7 Å². The molecule has 7 heteroatoms. The van der Waals surface area contributed by atoms with E-state index in [1.165, 1.54) is 18.6 Å². The van der Waals surface area contributed by atoms with Gasteiger partial charge in [0.15, 0.2) is 11.6 Å². The molecule has 0 aromatic heterocycles. The highest BCUT2D eigenvalue weighted by molar-refractivity contribution is 5.85. The monoisotopic (exact) mass is 472 g/mol. The minimum atomic E-state index is -0.837. The van der Waals surface area contributed by atoms with Crippen molar-refractivity contribution < 1.29 is 13.9 Å². The molecule has 1 aliphatic heterocycles. The molecule has 1 saturated heterocycles. The van der Waals surface area contributed by atoms with Crippen LogP contribution in [0.5, 0.6) is 0 Å². The number of hydrogen-bond donors (Lipinski definition) is 2. The van der Waals surface area contributed by atoms with Crippen LogP contribution in [0.1, 0.15) is 43.6 Å². The molecule has 2 N–H and O–H groups in total. The van der Waals surface area contributed by atoms with Crippen LogP contribution in [0.25, 0.3) is 11.1 Å². The van der Waals surface area contributed by atoms with Crippen molar-refractivity contribution in [2.45, 2.75) is 43.6 Å². The Labute approximate surface area is 196 Å². The normalized spacial score (nSPS) is 19.7. The summed E-state index contributed by atoms with van der Waals surface area (Å²) in [5, 5.41) is 15.0. The lowest BCUT2D eigenvalue weighted by Crippen LogP contribution is -2.49. The van der Waals surface area contributed by atoms with E-state index in [4.69, 9.17) is 0 Å². The largest absolute Gasteiger partial charge is 0.389 e. The van der Waals surface area contributed by atoms with Gasteiger partial charge in [0.1, 0.15) is 0 Å². The van der Waals surface area contributed by atoms with Gasteiger partial charge in [-0.15, -0.1) is 24.8 Å². The molecule has 2 aliphatic rings. The first kappa shape index (κ1) is 26.0. The number of nitrogens with zero attached hydrogens (tertiary/aromatic N) is 1. The first-order valence-corrected chi connectivity index (χ1v) is 10.8. The van der Waals surface area contributed by atoms with Crippen LogP contribution in [0.2, 0.25) is 0 Å². The van der Waals surface area contributed by atoms with Crippen LogP contribution in [0.15, 0.2) is 42.5 Å². The molecule has 0 bridgehead atoms. The molecule has 1 unspecified atom stereocenters. The van der Waals surface area contributed by atoms with Crippen molar-refractivity contribution in [3.8, 4) is 11.1 Å². The molecule has 2 aromatic carbocycles. The minimum absolute atomic E-state index is 0. The van der Waals surface area contributed by atoms with E-state index in [9.17, 15) is 13.9 Å². The summed E-state index contributed by atoms with van der Waals surface area (Å²) in [7, 11) is 0. The van der Waals surface area contributed by atoms with Gasteiger partial charge in [0.05, 0.1) is 5.60 Å². The van der Waals surface area contributed by atoms with Crippen LogP contribution < -0.4 is 5.32 Å². The number of nitrogens with one attached hydrogen (secondary N) is 1. The Hall–Kier alpha value is -1.24. The Balaban J connectivity index is 0.00000171. The molecule has 3 nitrogen and oxygen atoms in total. The van der Waals surface area contributed by atoms with Crippen molar-refractivity contribution in [3.63, 3.8) is 0 Å². The second-order valence-electron chi connectivity index (χ2n) is 8.52. The van der Waals surface area contributed by atoms with Crippen molar-refractivity contribution in [3.05, 3.63) is 59.7 Å². The summed E-state index contributed by atoms with van der Waals surface area (Å²) in [6, 6.07) is 12.0. The number of halogens is 4. The fraction of sp³-hybridized carbons (Fsp3) is 0.500. The van der Waals surface area contributed by atoms with Crippen LogP contribution in [0.3, 0.4) is 0 Å². The molecule has 1 aliphatic carbocycles. The number of piperazine rings is 1. The molecule has 172 valence electrons. The number of hydrogen-bond acceptors (Lipinski definition) is 3. The first-order chi connectivity index (χ1) is 14.0. The maximum absolute atomic E-state index is 13.8. The fourth-order valence-electron chi connectivity index (χ4n) is 4.86. The Morgan fingerprint density at radius 3 is 2.26 bits per heavy atom. The van der Waals surface area contributed by atoms with Gasteiger partial charge in [0, 0.05) is 38.6 Å². The molecule has 1 heterocycles. The van der Waals surface area contributed by atoms with Crippen LogP contribution in [-0.4, -0.2) is 48.3 Å². The lowest BCUT2D eigenvalue weighted by Gasteiger charge is -2.42.